The summed E-state index contributed by atoms with van der Waals surface area (Å²) in [5.41, 5.74) is 8.78. The number of rotatable bonds is 2. The van der Waals surface area contributed by atoms with Gasteiger partial charge in [0, 0.05) is 12.0 Å². The lowest BCUT2D eigenvalue weighted by Gasteiger charge is -2.30. The van der Waals surface area contributed by atoms with Crippen molar-refractivity contribution in [2.75, 3.05) is 13.3 Å². The van der Waals surface area contributed by atoms with Crippen LogP contribution in [0.5, 0.6) is 11.5 Å². The first-order valence-electron chi connectivity index (χ1n) is 6.47. The summed E-state index contributed by atoms with van der Waals surface area (Å²) in [5, 5.41) is 0. The molecule has 1 aromatic rings. The highest BCUT2D eigenvalue weighted by atomic mass is 79.9. The molecule has 0 amide bonds. The zero-order valence-corrected chi connectivity index (χ0v) is 12.2. The fraction of sp³-hybridized carbons (Fsp3) is 0.571. The second-order valence-corrected chi connectivity index (χ2v) is 6.08. The van der Waals surface area contributed by atoms with E-state index < -0.39 is 0 Å². The Kier molecular flexibility index (Phi) is 3.02. The Hall–Kier alpha value is -0.740. The second kappa shape index (κ2) is 4.42. The van der Waals surface area contributed by atoms with Crippen molar-refractivity contribution in [3.63, 3.8) is 0 Å². The van der Waals surface area contributed by atoms with Crippen molar-refractivity contribution in [3.05, 3.63) is 21.7 Å². The van der Waals surface area contributed by atoms with Gasteiger partial charge in [0.05, 0.1) is 4.47 Å². The van der Waals surface area contributed by atoms with Crippen LogP contribution in [0.2, 0.25) is 0 Å². The summed E-state index contributed by atoms with van der Waals surface area (Å²) >= 11 is 3.64. The van der Waals surface area contributed by atoms with Gasteiger partial charge in [0.25, 0.3) is 0 Å². The van der Waals surface area contributed by atoms with Crippen LogP contribution in [0, 0.1) is 6.92 Å². The fourth-order valence-electron chi connectivity index (χ4n) is 3.28. The summed E-state index contributed by atoms with van der Waals surface area (Å²) in [7, 11) is 0. The highest BCUT2D eigenvalue weighted by molar-refractivity contribution is 9.10. The molecule has 3 rings (SSSR count). The van der Waals surface area contributed by atoms with E-state index in [0.717, 1.165) is 16.0 Å². The van der Waals surface area contributed by atoms with Gasteiger partial charge in [-0.15, -0.1) is 0 Å². The summed E-state index contributed by atoms with van der Waals surface area (Å²) in [6.45, 7) is 3.16. The molecule has 0 aromatic heterocycles. The molecular weight excluding hydrogens is 294 g/mol. The number of ether oxygens (including phenoxy) is 2. The van der Waals surface area contributed by atoms with Gasteiger partial charge in [-0.25, -0.2) is 0 Å². The third-order valence-corrected chi connectivity index (χ3v) is 5.33. The molecule has 0 spiro atoms. The number of hydrogen-bond donors (Lipinski definition) is 1. The van der Waals surface area contributed by atoms with Crippen LogP contribution in [-0.4, -0.2) is 13.3 Å². The lowest BCUT2D eigenvalue weighted by Crippen LogP contribution is -2.32. The molecule has 0 unspecified atom stereocenters. The molecule has 4 heteroatoms. The maximum Gasteiger partial charge on any atom is 0.231 e. The summed E-state index contributed by atoms with van der Waals surface area (Å²) in [6.07, 6.45) is 4.89. The van der Waals surface area contributed by atoms with Crippen molar-refractivity contribution in [3.8, 4) is 11.5 Å². The molecule has 3 nitrogen and oxygen atoms in total. The van der Waals surface area contributed by atoms with Gasteiger partial charge >= 0.3 is 0 Å². The number of fused-ring (bicyclic) bond motifs is 1. The quantitative estimate of drug-likeness (QED) is 0.911. The van der Waals surface area contributed by atoms with Gasteiger partial charge in [0.2, 0.25) is 6.79 Å². The standard InChI is InChI=1S/C14H18BrNO2/c1-9-10(14(7-16)4-2-3-5-14)6-11-13(12(9)15)18-8-17-11/h6H,2-5,7-8,16H2,1H3. The van der Waals surface area contributed by atoms with Crippen LogP contribution in [0.4, 0.5) is 0 Å². The first-order valence-corrected chi connectivity index (χ1v) is 7.26. The highest BCUT2D eigenvalue weighted by Crippen LogP contribution is 2.49. The number of benzene rings is 1. The molecule has 18 heavy (non-hydrogen) atoms. The number of halogens is 1. The summed E-state index contributed by atoms with van der Waals surface area (Å²) in [5.74, 6) is 1.68. The van der Waals surface area contributed by atoms with E-state index in [9.17, 15) is 0 Å². The van der Waals surface area contributed by atoms with E-state index in [4.69, 9.17) is 15.2 Å². The monoisotopic (exact) mass is 311 g/mol. The number of nitrogens with two attached hydrogens (primary N) is 1. The Morgan fingerprint density at radius 3 is 2.72 bits per heavy atom. The summed E-state index contributed by atoms with van der Waals surface area (Å²) < 4.78 is 12.0. The maximum atomic E-state index is 6.08. The lowest BCUT2D eigenvalue weighted by molar-refractivity contribution is 0.173. The van der Waals surface area contributed by atoms with Crippen LogP contribution in [-0.2, 0) is 5.41 Å². The van der Waals surface area contributed by atoms with E-state index >= 15 is 0 Å². The van der Waals surface area contributed by atoms with Gasteiger partial charge in [-0.1, -0.05) is 12.8 Å². The average Bonchev–Trinajstić information content (AvgIpc) is 3.02. The van der Waals surface area contributed by atoms with Gasteiger partial charge in [-0.3, -0.25) is 0 Å². The van der Waals surface area contributed by atoms with Crippen molar-refractivity contribution in [2.45, 2.75) is 38.0 Å². The number of hydrogen-bond acceptors (Lipinski definition) is 3. The van der Waals surface area contributed by atoms with Gasteiger partial charge in [0.1, 0.15) is 0 Å². The lowest BCUT2D eigenvalue weighted by atomic mass is 9.77. The zero-order chi connectivity index (χ0) is 12.8. The van der Waals surface area contributed by atoms with Gasteiger partial charge < -0.3 is 15.2 Å². The maximum absolute atomic E-state index is 6.08. The predicted molar refractivity (Wildman–Crippen MR) is 74.2 cm³/mol. The third-order valence-electron chi connectivity index (χ3n) is 4.37. The molecular formula is C14H18BrNO2. The van der Waals surface area contributed by atoms with Crippen molar-refractivity contribution < 1.29 is 9.47 Å². The Labute approximate surface area is 116 Å². The first-order chi connectivity index (χ1) is 8.68. The van der Waals surface area contributed by atoms with Crippen molar-refractivity contribution >= 4 is 15.9 Å². The molecule has 98 valence electrons. The second-order valence-electron chi connectivity index (χ2n) is 5.29. The molecule has 2 aliphatic rings. The minimum absolute atomic E-state index is 0.133. The van der Waals surface area contributed by atoms with E-state index in [1.54, 1.807) is 0 Å². The molecule has 1 aromatic carbocycles. The Morgan fingerprint density at radius 2 is 2.06 bits per heavy atom. The van der Waals surface area contributed by atoms with Crippen molar-refractivity contribution in [1.29, 1.82) is 0 Å². The van der Waals surface area contributed by atoms with E-state index in [1.165, 1.54) is 36.8 Å². The van der Waals surface area contributed by atoms with Crippen LogP contribution in [0.3, 0.4) is 0 Å². The Balaban J connectivity index is 2.15. The Bertz CT molecular complexity index is 481. The molecule has 1 saturated carbocycles. The van der Waals surface area contributed by atoms with Gasteiger partial charge in [0.15, 0.2) is 11.5 Å². The van der Waals surface area contributed by atoms with Crippen LogP contribution in [0.1, 0.15) is 36.8 Å². The van der Waals surface area contributed by atoms with Crippen LogP contribution in [0.15, 0.2) is 10.5 Å². The normalized spacial score (nSPS) is 20.4. The zero-order valence-electron chi connectivity index (χ0n) is 10.6. The fourth-order valence-corrected chi connectivity index (χ4v) is 3.80. The molecule has 0 radical (unpaired) electrons. The van der Waals surface area contributed by atoms with Gasteiger partial charge in [-0.05, 0) is 52.9 Å². The molecule has 1 fully saturated rings. The smallest absolute Gasteiger partial charge is 0.231 e. The molecule has 1 aliphatic heterocycles. The van der Waals surface area contributed by atoms with E-state index in [-0.39, 0.29) is 5.41 Å². The minimum Gasteiger partial charge on any atom is -0.454 e. The van der Waals surface area contributed by atoms with Crippen molar-refractivity contribution in [2.24, 2.45) is 5.73 Å². The van der Waals surface area contributed by atoms with Crippen molar-refractivity contribution in [1.82, 2.24) is 0 Å². The molecule has 1 heterocycles. The van der Waals surface area contributed by atoms with E-state index in [2.05, 4.69) is 28.9 Å². The molecule has 0 saturated heterocycles. The van der Waals surface area contributed by atoms with Crippen LogP contribution < -0.4 is 15.2 Å². The van der Waals surface area contributed by atoms with Crippen LogP contribution >= 0.6 is 15.9 Å². The topological polar surface area (TPSA) is 44.5 Å². The molecule has 1 aliphatic carbocycles. The SMILES string of the molecule is Cc1c(C2(CN)CCCC2)cc2c(c1Br)OCO2. The van der Waals surface area contributed by atoms with Crippen LogP contribution in [0.25, 0.3) is 0 Å². The first kappa shape index (κ1) is 12.3. The molecule has 0 bridgehead atoms. The van der Waals surface area contributed by atoms with E-state index in [1.807, 2.05) is 0 Å². The average molecular weight is 312 g/mol. The molecule has 2 N–H and O–H groups in total. The predicted octanol–water partition coefficient (Wildman–Crippen LogP) is 3.26. The minimum atomic E-state index is 0.133. The summed E-state index contributed by atoms with van der Waals surface area (Å²) in [4.78, 5) is 0. The molecule has 0 atom stereocenters. The largest absolute Gasteiger partial charge is 0.454 e. The van der Waals surface area contributed by atoms with Gasteiger partial charge in [-0.2, -0.15) is 0 Å². The Morgan fingerprint density at radius 1 is 1.33 bits per heavy atom. The third kappa shape index (κ3) is 1.66. The van der Waals surface area contributed by atoms with E-state index in [0.29, 0.717) is 13.3 Å². The highest BCUT2D eigenvalue weighted by Gasteiger charge is 2.37. The summed E-state index contributed by atoms with van der Waals surface area (Å²) in [6, 6.07) is 2.14.